The van der Waals surface area contributed by atoms with E-state index in [1.165, 1.54) is 33.3 Å². The van der Waals surface area contributed by atoms with Crippen LogP contribution < -0.4 is 0 Å². The Bertz CT molecular complexity index is 833. The number of aromatic nitrogens is 1. The number of H-pyrrole nitrogens is 1. The van der Waals surface area contributed by atoms with Gasteiger partial charge in [0.25, 0.3) is 0 Å². The maximum atomic E-state index is 12.5. The summed E-state index contributed by atoms with van der Waals surface area (Å²) in [5.74, 6) is 0. The number of benzene rings is 1. The molecule has 4 nitrogen and oxygen atoms in total. The Balaban J connectivity index is 2.12. The molecule has 0 bridgehead atoms. The molecule has 0 radical (unpaired) electrons. The quantitative estimate of drug-likeness (QED) is 0.863. The van der Waals surface area contributed by atoms with Crippen LogP contribution in [-0.2, 0) is 23.1 Å². The number of cyclic esters (lactones) is 1. The highest BCUT2D eigenvalue weighted by Gasteiger charge is 2.59. The Morgan fingerprint density at radius 2 is 2.04 bits per heavy atom. The second-order valence-electron chi connectivity index (χ2n) is 7.46. The van der Waals surface area contributed by atoms with E-state index in [2.05, 4.69) is 37.9 Å². The van der Waals surface area contributed by atoms with E-state index in [0.29, 0.717) is 6.54 Å². The van der Waals surface area contributed by atoms with Gasteiger partial charge in [0.2, 0.25) is 0 Å². The third-order valence-electron chi connectivity index (χ3n) is 6.12. The van der Waals surface area contributed by atoms with Gasteiger partial charge in [-0.2, -0.15) is 0 Å². The lowest BCUT2D eigenvalue weighted by molar-refractivity contribution is 0.0242. The summed E-state index contributed by atoms with van der Waals surface area (Å²) in [5, 5.41) is 1.30. The minimum atomic E-state index is -0.558. The van der Waals surface area contributed by atoms with Gasteiger partial charge in [0, 0.05) is 23.1 Å². The van der Waals surface area contributed by atoms with Crippen LogP contribution in [0.5, 0.6) is 0 Å². The molecule has 1 aromatic heterocycles. The summed E-state index contributed by atoms with van der Waals surface area (Å²) in [5.41, 5.74) is 5.33. The fourth-order valence-electron chi connectivity index (χ4n) is 4.45. The minimum absolute atomic E-state index is 0.197. The first-order valence-corrected chi connectivity index (χ1v) is 8.45. The van der Waals surface area contributed by atoms with Crippen molar-refractivity contribution < 1.29 is 9.53 Å². The summed E-state index contributed by atoms with van der Waals surface area (Å²) >= 11 is 0. The van der Waals surface area contributed by atoms with Crippen molar-refractivity contribution in [3.05, 3.63) is 34.5 Å². The number of hydrogen-bond acceptors (Lipinski definition) is 2. The molecule has 0 unspecified atom stereocenters. The molecule has 1 fully saturated rings. The van der Waals surface area contributed by atoms with Crippen molar-refractivity contribution in [3.63, 3.8) is 0 Å². The molecule has 0 aliphatic carbocycles. The minimum Gasteiger partial charge on any atom is -0.440 e. The molecule has 1 N–H and O–H groups in total. The van der Waals surface area contributed by atoms with Crippen LogP contribution in [0.2, 0.25) is 0 Å². The van der Waals surface area contributed by atoms with Crippen LogP contribution in [0.1, 0.15) is 50.1 Å². The molecular weight excluding hydrogens is 288 g/mol. The summed E-state index contributed by atoms with van der Waals surface area (Å²) < 4.78 is 5.74. The van der Waals surface area contributed by atoms with Crippen molar-refractivity contribution in [1.29, 1.82) is 0 Å². The van der Waals surface area contributed by atoms with Gasteiger partial charge in [-0.05, 0) is 57.2 Å². The SMILES string of the molecule is CCc1ccc2c3c(c(C)[nH]c13)CCN1C(=O)OC(C)(C)[C@]21C. The predicted molar refractivity (Wildman–Crippen MR) is 90.7 cm³/mol. The molecule has 1 saturated heterocycles. The third kappa shape index (κ3) is 1.59. The van der Waals surface area contributed by atoms with Crippen molar-refractivity contribution >= 4 is 17.0 Å². The lowest BCUT2D eigenvalue weighted by Crippen LogP contribution is -2.50. The number of carbonyl (C=O) groups excluding carboxylic acids is 1. The van der Waals surface area contributed by atoms with E-state index in [1.807, 2.05) is 18.7 Å². The molecule has 4 rings (SSSR count). The van der Waals surface area contributed by atoms with Crippen LogP contribution in [0.25, 0.3) is 10.9 Å². The zero-order valence-corrected chi connectivity index (χ0v) is 14.5. The van der Waals surface area contributed by atoms with Gasteiger partial charge >= 0.3 is 6.09 Å². The number of hydrogen-bond donors (Lipinski definition) is 1. The normalized spacial score (nSPS) is 25.4. The molecule has 122 valence electrons. The number of fused-ring (bicyclic) bond motifs is 2. The number of rotatable bonds is 1. The van der Waals surface area contributed by atoms with E-state index >= 15 is 0 Å². The highest BCUT2D eigenvalue weighted by molar-refractivity contribution is 5.93. The Labute approximate surface area is 136 Å². The Kier molecular flexibility index (Phi) is 2.74. The Morgan fingerprint density at radius 3 is 2.74 bits per heavy atom. The number of ether oxygens (including phenoxy) is 1. The van der Waals surface area contributed by atoms with Gasteiger partial charge in [0.05, 0.1) is 0 Å². The maximum absolute atomic E-state index is 12.5. The largest absolute Gasteiger partial charge is 0.440 e. The van der Waals surface area contributed by atoms with E-state index in [-0.39, 0.29) is 6.09 Å². The first kappa shape index (κ1) is 14.6. The first-order chi connectivity index (χ1) is 10.8. The van der Waals surface area contributed by atoms with E-state index in [9.17, 15) is 4.79 Å². The van der Waals surface area contributed by atoms with Gasteiger partial charge in [-0.1, -0.05) is 19.1 Å². The molecular formula is C19H24N2O2. The number of aromatic amines is 1. The van der Waals surface area contributed by atoms with Crippen molar-refractivity contribution in [2.24, 2.45) is 0 Å². The molecule has 2 aromatic rings. The Morgan fingerprint density at radius 1 is 1.30 bits per heavy atom. The number of nitrogens with one attached hydrogen (secondary N) is 1. The fourth-order valence-corrected chi connectivity index (χ4v) is 4.45. The fraction of sp³-hybridized carbons (Fsp3) is 0.526. The van der Waals surface area contributed by atoms with E-state index in [4.69, 9.17) is 4.74 Å². The van der Waals surface area contributed by atoms with E-state index < -0.39 is 11.1 Å². The summed E-state index contributed by atoms with van der Waals surface area (Å²) in [6.45, 7) is 11.2. The van der Waals surface area contributed by atoms with Crippen LogP contribution in [0.15, 0.2) is 12.1 Å². The van der Waals surface area contributed by atoms with Crippen molar-refractivity contribution in [2.45, 2.75) is 58.6 Å². The lowest BCUT2D eigenvalue weighted by atomic mass is 9.76. The standard InChI is InChI=1S/C19H24N2O2/c1-6-12-7-8-14-15-13(11(2)20-16(12)15)9-10-21-17(22)23-18(3,4)19(14,21)5/h7-8,20H,6,9-10H2,1-5H3/t19-/m0/s1. The second-order valence-corrected chi connectivity index (χ2v) is 7.46. The van der Waals surface area contributed by atoms with Crippen LogP contribution >= 0.6 is 0 Å². The van der Waals surface area contributed by atoms with Crippen molar-refractivity contribution in [1.82, 2.24) is 9.88 Å². The molecule has 1 atom stereocenters. The molecule has 2 aliphatic rings. The van der Waals surface area contributed by atoms with E-state index in [1.54, 1.807) is 0 Å². The zero-order valence-electron chi connectivity index (χ0n) is 14.5. The molecule has 23 heavy (non-hydrogen) atoms. The molecule has 0 saturated carbocycles. The highest BCUT2D eigenvalue weighted by Crippen LogP contribution is 2.51. The van der Waals surface area contributed by atoms with Crippen LogP contribution in [0.4, 0.5) is 4.79 Å². The molecule has 2 aliphatic heterocycles. The summed E-state index contributed by atoms with van der Waals surface area (Å²) in [7, 11) is 0. The Hall–Kier alpha value is -1.97. The number of aryl methyl sites for hydroxylation is 2. The van der Waals surface area contributed by atoms with Gasteiger partial charge in [-0.25, -0.2) is 4.79 Å². The lowest BCUT2D eigenvalue weighted by Gasteiger charge is -2.40. The molecule has 0 spiro atoms. The molecule has 4 heteroatoms. The van der Waals surface area contributed by atoms with Crippen molar-refractivity contribution in [3.8, 4) is 0 Å². The first-order valence-electron chi connectivity index (χ1n) is 8.45. The summed E-state index contributed by atoms with van der Waals surface area (Å²) in [4.78, 5) is 18.0. The summed E-state index contributed by atoms with van der Waals surface area (Å²) in [6.07, 6.45) is 1.67. The monoisotopic (exact) mass is 312 g/mol. The number of carbonyl (C=O) groups is 1. The zero-order chi connectivity index (χ0) is 16.6. The average molecular weight is 312 g/mol. The smallest absolute Gasteiger partial charge is 0.411 e. The topological polar surface area (TPSA) is 45.3 Å². The van der Waals surface area contributed by atoms with Gasteiger partial charge in [0.1, 0.15) is 11.1 Å². The van der Waals surface area contributed by atoms with Gasteiger partial charge in [0.15, 0.2) is 0 Å². The maximum Gasteiger partial charge on any atom is 0.411 e. The van der Waals surface area contributed by atoms with Crippen molar-refractivity contribution in [2.75, 3.05) is 6.54 Å². The average Bonchev–Trinajstić information content (AvgIpc) is 2.82. The highest BCUT2D eigenvalue weighted by atomic mass is 16.6. The van der Waals surface area contributed by atoms with Gasteiger partial charge in [-0.15, -0.1) is 0 Å². The second kappa shape index (κ2) is 4.31. The molecule has 3 heterocycles. The number of nitrogens with zero attached hydrogens (tertiary/aromatic N) is 1. The van der Waals surface area contributed by atoms with Crippen LogP contribution in [0.3, 0.4) is 0 Å². The van der Waals surface area contributed by atoms with Gasteiger partial charge < -0.3 is 9.72 Å². The predicted octanol–water partition coefficient (Wildman–Crippen LogP) is 4.04. The van der Waals surface area contributed by atoms with Crippen LogP contribution in [0, 0.1) is 6.92 Å². The van der Waals surface area contributed by atoms with Crippen LogP contribution in [-0.4, -0.2) is 28.1 Å². The summed E-state index contributed by atoms with van der Waals surface area (Å²) in [6, 6.07) is 4.41. The third-order valence-corrected chi connectivity index (χ3v) is 6.12. The van der Waals surface area contributed by atoms with E-state index in [0.717, 1.165) is 12.8 Å². The molecule has 1 amide bonds. The molecule has 1 aromatic carbocycles. The van der Waals surface area contributed by atoms with Gasteiger partial charge in [-0.3, -0.25) is 4.90 Å². The number of amides is 1.